The van der Waals surface area contributed by atoms with Gasteiger partial charge in [0.2, 0.25) is 5.69 Å². The molecular weight excluding hydrogens is 454 g/mol. The van der Waals surface area contributed by atoms with Gasteiger partial charge in [0, 0.05) is 12.1 Å². The van der Waals surface area contributed by atoms with Crippen LogP contribution in [0.1, 0.15) is 28.5 Å². The van der Waals surface area contributed by atoms with Crippen molar-refractivity contribution in [3.05, 3.63) is 85.8 Å². The molecule has 172 valence electrons. The van der Waals surface area contributed by atoms with E-state index in [-0.39, 0.29) is 12.2 Å². The maximum Gasteiger partial charge on any atom is 0.362 e. The molecule has 0 saturated carbocycles. The number of carbonyl (C=O) groups is 1. The molecule has 0 aliphatic carbocycles. The number of aromatic nitrogens is 2. The Morgan fingerprint density at radius 2 is 1.82 bits per heavy atom. The Labute approximate surface area is 188 Å². The molecule has 1 heterocycles. The molecule has 12 heteroatoms. The summed E-state index contributed by atoms with van der Waals surface area (Å²) in [6.07, 6.45) is 0. The van der Waals surface area contributed by atoms with Crippen molar-refractivity contribution in [1.29, 1.82) is 0 Å². The van der Waals surface area contributed by atoms with Crippen molar-refractivity contribution in [3.8, 4) is 11.4 Å². The standard InChI is InChI=1S/C21H19N3O8S/c1-4-31-21(26)20-17(12-19(25)23(22-20)16-8-6-5-7-13(16)2)32-33(29,30)18-11-15(24(27)28)10-9-14(18)3/h5-12H,4H2,1-3H3. The fraction of sp³-hybridized carbons (Fsp3) is 0.190. The molecule has 33 heavy (non-hydrogen) atoms. The van der Waals surface area contributed by atoms with E-state index in [1.54, 1.807) is 38.1 Å². The van der Waals surface area contributed by atoms with Crippen molar-refractivity contribution >= 4 is 21.8 Å². The first-order valence-electron chi connectivity index (χ1n) is 9.62. The molecule has 1 aromatic heterocycles. The predicted octanol–water partition coefficient (Wildman–Crippen LogP) is 2.70. The van der Waals surface area contributed by atoms with Crippen LogP contribution in [0.2, 0.25) is 0 Å². The highest BCUT2D eigenvalue weighted by atomic mass is 32.2. The van der Waals surface area contributed by atoms with Gasteiger partial charge in [0.1, 0.15) is 4.90 Å². The highest BCUT2D eigenvalue weighted by Crippen LogP contribution is 2.26. The lowest BCUT2D eigenvalue weighted by molar-refractivity contribution is -0.385. The largest absolute Gasteiger partial charge is 0.461 e. The van der Waals surface area contributed by atoms with Gasteiger partial charge in [-0.1, -0.05) is 24.3 Å². The molecule has 0 spiro atoms. The average Bonchev–Trinajstić information content (AvgIpc) is 2.74. The number of nitro groups is 1. The maximum absolute atomic E-state index is 12.9. The normalized spacial score (nSPS) is 11.1. The van der Waals surface area contributed by atoms with E-state index < -0.39 is 48.6 Å². The summed E-state index contributed by atoms with van der Waals surface area (Å²) >= 11 is 0. The van der Waals surface area contributed by atoms with Crippen LogP contribution < -0.4 is 9.74 Å². The van der Waals surface area contributed by atoms with Crippen LogP contribution >= 0.6 is 0 Å². The van der Waals surface area contributed by atoms with Crippen LogP contribution in [0.25, 0.3) is 5.69 Å². The topological polar surface area (TPSA) is 148 Å². The molecule has 0 bridgehead atoms. The highest BCUT2D eigenvalue weighted by Gasteiger charge is 2.28. The van der Waals surface area contributed by atoms with E-state index in [4.69, 9.17) is 8.92 Å². The van der Waals surface area contributed by atoms with Crippen molar-refractivity contribution < 1.29 is 27.1 Å². The summed E-state index contributed by atoms with van der Waals surface area (Å²) in [4.78, 5) is 35.1. The van der Waals surface area contributed by atoms with Gasteiger partial charge in [-0.15, -0.1) is 0 Å². The number of hydrogen-bond donors (Lipinski definition) is 0. The van der Waals surface area contributed by atoms with Gasteiger partial charge in [-0.05, 0) is 38.0 Å². The van der Waals surface area contributed by atoms with Gasteiger partial charge in [0.25, 0.3) is 11.2 Å². The first kappa shape index (κ1) is 23.6. The number of rotatable bonds is 7. The van der Waals surface area contributed by atoms with E-state index in [1.807, 2.05) is 0 Å². The first-order valence-corrected chi connectivity index (χ1v) is 11.0. The number of para-hydroxylation sites is 1. The molecule has 0 aliphatic rings. The van der Waals surface area contributed by atoms with Crippen LogP contribution in [-0.2, 0) is 14.9 Å². The molecule has 0 saturated heterocycles. The number of esters is 1. The molecule has 0 unspecified atom stereocenters. The third kappa shape index (κ3) is 4.90. The van der Waals surface area contributed by atoms with Crippen molar-refractivity contribution in [2.24, 2.45) is 0 Å². The summed E-state index contributed by atoms with van der Waals surface area (Å²) in [7, 11) is -4.67. The predicted molar refractivity (Wildman–Crippen MR) is 116 cm³/mol. The molecule has 2 aromatic carbocycles. The van der Waals surface area contributed by atoms with E-state index in [1.165, 1.54) is 13.0 Å². The van der Waals surface area contributed by atoms with Crippen LogP contribution in [0.15, 0.2) is 58.2 Å². The SMILES string of the molecule is CCOC(=O)c1nn(-c2ccccc2C)c(=O)cc1OS(=O)(=O)c1cc([N+](=O)[O-])ccc1C. The van der Waals surface area contributed by atoms with Crippen LogP contribution in [0.5, 0.6) is 5.75 Å². The van der Waals surface area contributed by atoms with Gasteiger partial charge < -0.3 is 8.92 Å². The Balaban J connectivity index is 2.17. The second-order valence-corrected chi connectivity index (χ2v) is 8.37. The summed E-state index contributed by atoms with van der Waals surface area (Å²) in [5.41, 5.74) is -0.571. The minimum absolute atomic E-state index is 0.0415. The minimum atomic E-state index is -4.67. The molecule has 0 radical (unpaired) electrons. The maximum atomic E-state index is 12.9. The third-order valence-corrected chi connectivity index (χ3v) is 5.94. The summed E-state index contributed by atoms with van der Waals surface area (Å²) in [5.74, 6) is -1.67. The Hall–Kier alpha value is -4.06. The van der Waals surface area contributed by atoms with Gasteiger partial charge >= 0.3 is 16.1 Å². The monoisotopic (exact) mass is 473 g/mol. The zero-order valence-electron chi connectivity index (χ0n) is 17.8. The number of nitrogens with zero attached hydrogens (tertiary/aromatic N) is 3. The van der Waals surface area contributed by atoms with E-state index in [0.29, 0.717) is 11.3 Å². The average molecular weight is 473 g/mol. The quantitative estimate of drug-likeness (QED) is 0.218. The van der Waals surface area contributed by atoms with Crippen molar-refractivity contribution in [2.75, 3.05) is 6.61 Å². The molecule has 0 aliphatic heterocycles. The first-order chi connectivity index (χ1) is 15.5. The third-order valence-electron chi connectivity index (χ3n) is 4.56. The van der Waals surface area contributed by atoms with Gasteiger partial charge in [-0.3, -0.25) is 14.9 Å². The number of hydrogen-bond acceptors (Lipinski definition) is 9. The second kappa shape index (κ2) is 9.20. The number of carbonyl (C=O) groups excluding carboxylic acids is 1. The van der Waals surface area contributed by atoms with Crippen LogP contribution in [-0.4, -0.2) is 35.7 Å². The van der Waals surface area contributed by atoms with E-state index in [2.05, 4.69) is 5.10 Å². The number of nitro benzene ring substituents is 1. The van der Waals surface area contributed by atoms with Crippen LogP contribution in [0.4, 0.5) is 5.69 Å². The van der Waals surface area contributed by atoms with E-state index >= 15 is 0 Å². The van der Waals surface area contributed by atoms with E-state index in [0.717, 1.165) is 22.9 Å². The van der Waals surface area contributed by atoms with Gasteiger partial charge in [0.05, 0.1) is 23.3 Å². The Morgan fingerprint density at radius 3 is 2.45 bits per heavy atom. The molecule has 3 rings (SSSR count). The fourth-order valence-corrected chi connectivity index (χ4v) is 4.13. The van der Waals surface area contributed by atoms with E-state index in [9.17, 15) is 28.1 Å². The molecule has 0 N–H and O–H groups in total. The molecule has 11 nitrogen and oxygen atoms in total. The zero-order chi connectivity index (χ0) is 24.3. The summed E-state index contributed by atoms with van der Waals surface area (Å²) in [6, 6.07) is 10.8. The van der Waals surface area contributed by atoms with Gasteiger partial charge in [0.15, 0.2) is 5.75 Å². The molecular formula is C21H19N3O8S. The number of ether oxygens (including phenoxy) is 1. The number of benzene rings is 2. The smallest absolute Gasteiger partial charge is 0.362 e. The van der Waals surface area contributed by atoms with Crippen molar-refractivity contribution in [3.63, 3.8) is 0 Å². The second-order valence-electron chi connectivity index (χ2n) is 6.86. The van der Waals surface area contributed by atoms with Crippen molar-refractivity contribution in [1.82, 2.24) is 9.78 Å². The van der Waals surface area contributed by atoms with Crippen molar-refractivity contribution in [2.45, 2.75) is 25.7 Å². The van der Waals surface area contributed by atoms with Gasteiger partial charge in [-0.25, -0.2) is 4.79 Å². The molecule has 0 atom stereocenters. The van der Waals surface area contributed by atoms with Gasteiger partial charge in [-0.2, -0.15) is 18.2 Å². The number of non-ortho nitro benzene ring substituents is 1. The summed E-state index contributed by atoms with van der Waals surface area (Å²) in [6.45, 7) is 4.65. The van der Waals surface area contributed by atoms with Crippen LogP contribution in [0.3, 0.4) is 0 Å². The molecule has 3 aromatic rings. The molecule has 0 fully saturated rings. The fourth-order valence-electron chi connectivity index (χ4n) is 2.95. The number of aryl methyl sites for hydroxylation is 2. The minimum Gasteiger partial charge on any atom is -0.461 e. The lowest BCUT2D eigenvalue weighted by Crippen LogP contribution is -2.26. The lowest BCUT2D eigenvalue weighted by atomic mass is 10.2. The lowest BCUT2D eigenvalue weighted by Gasteiger charge is -2.14. The Bertz CT molecular complexity index is 1410. The highest BCUT2D eigenvalue weighted by molar-refractivity contribution is 7.87. The Kier molecular flexibility index (Phi) is 6.58. The molecule has 0 amide bonds. The Morgan fingerprint density at radius 1 is 1.12 bits per heavy atom. The summed E-state index contributed by atoms with van der Waals surface area (Å²) in [5, 5.41) is 15.1. The zero-order valence-corrected chi connectivity index (χ0v) is 18.7. The summed E-state index contributed by atoms with van der Waals surface area (Å²) < 4.78 is 36.8. The van der Waals surface area contributed by atoms with Crippen LogP contribution in [0, 0.1) is 24.0 Å².